The fraction of sp³-hybridized carbons (Fsp3) is 0.562. The minimum Gasteiger partial charge on any atom is -0.454 e. The summed E-state index contributed by atoms with van der Waals surface area (Å²) in [7, 11) is 0. The van der Waals surface area contributed by atoms with E-state index in [1.165, 1.54) is 0 Å². The van der Waals surface area contributed by atoms with Crippen molar-refractivity contribution < 1.29 is 14.3 Å². The molecular formula is C16H25N3O3. The topological polar surface area (TPSA) is 62.8 Å². The van der Waals surface area contributed by atoms with Gasteiger partial charge in [-0.2, -0.15) is 0 Å². The summed E-state index contributed by atoms with van der Waals surface area (Å²) in [6.07, 6.45) is 0. The maximum absolute atomic E-state index is 11.8. The number of rotatable bonds is 9. The monoisotopic (exact) mass is 307 g/mol. The van der Waals surface area contributed by atoms with Crippen molar-refractivity contribution in [3.63, 3.8) is 0 Å². The molecule has 0 atom stereocenters. The summed E-state index contributed by atoms with van der Waals surface area (Å²) in [5.41, 5.74) is 1.00. The lowest BCUT2D eigenvalue weighted by atomic mass is 10.2. The predicted octanol–water partition coefficient (Wildman–Crippen LogP) is 0.963. The first kappa shape index (κ1) is 16.6. The Labute approximate surface area is 131 Å². The standard InChI is InChI=1S/C16H25N3O3/c1-3-19(4-2)8-7-17-11-16(20)18-10-13-5-6-14-15(9-13)22-12-21-14/h5-6,9,17H,3-4,7-8,10-12H2,1-2H3,(H,18,20). The van der Waals surface area contributed by atoms with Gasteiger partial charge in [0.25, 0.3) is 0 Å². The summed E-state index contributed by atoms with van der Waals surface area (Å²) in [6.45, 7) is 9.23. The quantitative estimate of drug-likeness (QED) is 0.666. The summed E-state index contributed by atoms with van der Waals surface area (Å²) in [5, 5.41) is 6.06. The van der Waals surface area contributed by atoms with Crippen molar-refractivity contribution in [2.75, 3.05) is 39.5 Å². The van der Waals surface area contributed by atoms with Gasteiger partial charge in [0.15, 0.2) is 11.5 Å². The third-order valence-corrected chi connectivity index (χ3v) is 3.71. The first-order chi connectivity index (χ1) is 10.7. The molecule has 2 rings (SSSR count). The first-order valence-electron chi connectivity index (χ1n) is 7.81. The third-order valence-electron chi connectivity index (χ3n) is 3.71. The summed E-state index contributed by atoms with van der Waals surface area (Å²) in [5.74, 6) is 1.49. The van der Waals surface area contributed by atoms with E-state index in [9.17, 15) is 4.79 Å². The van der Waals surface area contributed by atoms with Crippen LogP contribution in [0.5, 0.6) is 11.5 Å². The molecule has 0 saturated carbocycles. The number of hydrogen-bond donors (Lipinski definition) is 2. The molecule has 2 N–H and O–H groups in total. The van der Waals surface area contributed by atoms with Gasteiger partial charge in [0.05, 0.1) is 6.54 Å². The summed E-state index contributed by atoms with van der Waals surface area (Å²) >= 11 is 0. The maximum atomic E-state index is 11.8. The Morgan fingerprint density at radius 1 is 1.23 bits per heavy atom. The zero-order valence-corrected chi connectivity index (χ0v) is 13.4. The lowest BCUT2D eigenvalue weighted by Gasteiger charge is -2.17. The number of likely N-dealkylation sites (N-methyl/N-ethyl adjacent to an activating group) is 1. The summed E-state index contributed by atoms with van der Waals surface area (Å²) in [4.78, 5) is 14.1. The number of hydrogen-bond acceptors (Lipinski definition) is 5. The number of carbonyl (C=O) groups excluding carboxylic acids is 1. The summed E-state index contributed by atoms with van der Waals surface area (Å²) in [6, 6.07) is 5.70. The van der Waals surface area contributed by atoms with Crippen molar-refractivity contribution in [1.29, 1.82) is 0 Å². The SMILES string of the molecule is CCN(CC)CCNCC(=O)NCc1ccc2c(c1)OCO2. The second-order valence-corrected chi connectivity index (χ2v) is 5.17. The van der Waals surface area contributed by atoms with Gasteiger partial charge >= 0.3 is 0 Å². The molecular weight excluding hydrogens is 282 g/mol. The average Bonchev–Trinajstić information content (AvgIpc) is 3.00. The molecule has 0 unspecified atom stereocenters. The van der Waals surface area contributed by atoms with Crippen LogP contribution in [0, 0.1) is 0 Å². The van der Waals surface area contributed by atoms with E-state index in [4.69, 9.17) is 9.47 Å². The second kappa shape index (κ2) is 8.60. The van der Waals surface area contributed by atoms with Crippen LogP contribution in [-0.2, 0) is 11.3 Å². The molecule has 1 aliphatic heterocycles. The lowest BCUT2D eigenvalue weighted by molar-refractivity contribution is -0.120. The number of nitrogens with one attached hydrogen (secondary N) is 2. The van der Waals surface area contributed by atoms with Gasteiger partial charge in [0, 0.05) is 19.6 Å². The Kier molecular flexibility index (Phi) is 6.48. The Morgan fingerprint density at radius 3 is 2.77 bits per heavy atom. The molecule has 0 spiro atoms. The highest BCUT2D eigenvalue weighted by Gasteiger charge is 2.13. The van der Waals surface area contributed by atoms with Gasteiger partial charge < -0.3 is 25.0 Å². The van der Waals surface area contributed by atoms with Gasteiger partial charge in [-0.1, -0.05) is 19.9 Å². The highest BCUT2D eigenvalue weighted by molar-refractivity contribution is 5.78. The van der Waals surface area contributed by atoms with Crippen molar-refractivity contribution >= 4 is 5.91 Å². The summed E-state index contributed by atoms with van der Waals surface area (Å²) < 4.78 is 10.6. The van der Waals surface area contributed by atoms with E-state index in [2.05, 4.69) is 29.4 Å². The molecule has 0 saturated heterocycles. The second-order valence-electron chi connectivity index (χ2n) is 5.17. The Bertz CT molecular complexity index is 490. The van der Waals surface area contributed by atoms with Gasteiger partial charge in [-0.05, 0) is 30.8 Å². The molecule has 0 radical (unpaired) electrons. The molecule has 122 valence electrons. The molecule has 0 fully saturated rings. The van der Waals surface area contributed by atoms with Gasteiger partial charge in [0.1, 0.15) is 0 Å². The fourth-order valence-corrected chi connectivity index (χ4v) is 2.29. The molecule has 22 heavy (non-hydrogen) atoms. The van der Waals surface area contributed by atoms with Crippen LogP contribution >= 0.6 is 0 Å². The molecule has 1 heterocycles. The van der Waals surface area contributed by atoms with Crippen LogP contribution in [0.3, 0.4) is 0 Å². The molecule has 6 nitrogen and oxygen atoms in total. The number of carbonyl (C=O) groups is 1. The van der Waals surface area contributed by atoms with Gasteiger partial charge in [-0.25, -0.2) is 0 Å². The molecule has 6 heteroatoms. The molecule has 1 aliphatic rings. The highest BCUT2D eigenvalue weighted by Crippen LogP contribution is 2.32. The van der Waals surface area contributed by atoms with E-state index in [-0.39, 0.29) is 12.7 Å². The smallest absolute Gasteiger partial charge is 0.234 e. The van der Waals surface area contributed by atoms with Gasteiger partial charge in [0.2, 0.25) is 12.7 Å². The van der Waals surface area contributed by atoms with E-state index >= 15 is 0 Å². The molecule has 1 amide bonds. The number of amides is 1. The van der Waals surface area contributed by atoms with Gasteiger partial charge in [-0.15, -0.1) is 0 Å². The van der Waals surface area contributed by atoms with Crippen LogP contribution in [-0.4, -0.2) is 50.3 Å². The first-order valence-corrected chi connectivity index (χ1v) is 7.81. The van der Waals surface area contributed by atoms with Crippen LogP contribution in [0.2, 0.25) is 0 Å². The average molecular weight is 307 g/mol. The van der Waals surface area contributed by atoms with Gasteiger partial charge in [-0.3, -0.25) is 4.79 Å². The maximum Gasteiger partial charge on any atom is 0.234 e. The molecule has 1 aromatic rings. The largest absolute Gasteiger partial charge is 0.454 e. The van der Waals surface area contributed by atoms with Crippen molar-refractivity contribution in [1.82, 2.24) is 15.5 Å². The van der Waals surface area contributed by atoms with Crippen molar-refractivity contribution in [3.8, 4) is 11.5 Å². The fourth-order valence-electron chi connectivity index (χ4n) is 2.29. The van der Waals surface area contributed by atoms with Crippen molar-refractivity contribution in [2.45, 2.75) is 20.4 Å². The Morgan fingerprint density at radius 2 is 2.00 bits per heavy atom. The number of nitrogens with zero attached hydrogens (tertiary/aromatic N) is 1. The van der Waals surface area contributed by atoms with E-state index in [1.807, 2.05) is 18.2 Å². The molecule has 0 aliphatic carbocycles. The minimum absolute atomic E-state index is 0.00258. The molecule has 0 aromatic heterocycles. The van der Waals surface area contributed by atoms with E-state index in [0.29, 0.717) is 13.1 Å². The van der Waals surface area contributed by atoms with E-state index in [1.54, 1.807) is 0 Å². The Balaban J connectivity index is 1.63. The highest BCUT2D eigenvalue weighted by atomic mass is 16.7. The van der Waals surface area contributed by atoms with Crippen molar-refractivity contribution in [3.05, 3.63) is 23.8 Å². The Hall–Kier alpha value is -1.79. The van der Waals surface area contributed by atoms with Crippen LogP contribution in [0.1, 0.15) is 19.4 Å². The lowest BCUT2D eigenvalue weighted by Crippen LogP contribution is -2.37. The van der Waals surface area contributed by atoms with E-state index in [0.717, 1.165) is 43.2 Å². The molecule has 0 bridgehead atoms. The van der Waals surface area contributed by atoms with Crippen LogP contribution < -0.4 is 20.1 Å². The van der Waals surface area contributed by atoms with Crippen LogP contribution in [0.25, 0.3) is 0 Å². The van der Waals surface area contributed by atoms with Crippen molar-refractivity contribution in [2.24, 2.45) is 0 Å². The third kappa shape index (κ3) is 4.89. The number of fused-ring (bicyclic) bond motifs is 1. The molecule has 1 aromatic carbocycles. The minimum atomic E-state index is -0.00258. The van der Waals surface area contributed by atoms with Crippen LogP contribution in [0.15, 0.2) is 18.2 Å². The predicted molar refractivity (Wildman–Crippen MR) is 85.1 cm³/mol. The van der Waals surface area contributed by atoms with E-state index < -0.39 is 0 Å². The zero-order chi connectivity index (χ0) is 15.8. The number of ether oxygens (including phenoxy) is 2. The van der Waals surface area contributed by atoms with Crippen LogP contribution in [0.4, 0.5) is 0 Å². The zero-order valence-electron chi connectivity index (χ0n) is 13.4. The normalized spacial score (nSPS) is 12.7. The number of benzene rings is 1.